The highest BCUT2D eigenvalue weighted by Gasteiger charge is 2.32. The summed E-state index contributed by atoms with van der Waals surface area (Å²) in [5, 5.41) is 8.01. The average Bonchev–Trinajstić information content (AvgIpc) is 2.39. The first-order valence-electron chi connectivity index (χ1n) is 3.39. The molecule has 11 heavy (non-hydrogen) atoms. The van der Waals surface area contributed by atoms with E-state index in [2.05, 4.69) is 16.0 Å². The number of hydrogen-bond acceptors (Lipinski definition) is 3. The summed E-state index contributed by atoms with van der Waals surface area (Å²) in [6.07, 6.45) is 2.85. The van der Waals surface area contributed by atoms with Crippen LogP contribution in [0, 0.1) is 0 Å². The molecule has 0 aromatic rings. The topological polar surface area (TPSA) is 70.2 Å². The lowest BCUT2D eigenvalue weighted by molar-refractivity contribution is -0.111. The standard InChI is InChI=1S/C6H10N3O2/c10-4-8-6(9-5-11)1-2-7-3-6/h4,7H,1-3H2,(H,8,10)(H,9,11). The zero-order valence-electron chi connectivity index (χ0n) is 6.02. The number of amides is 2. The summed E-state index contributed by atoms with van der Waals surface area (Å²) in [4.78, 5) is 20.2. The number of hydrogen-bond donors (Lipinski definition) is 3. The van der Waals surface area contributed by atoms with Crippen molar-refractivity contribution >= 4 is 12.8 Å². The predicted molar refractivity (Wildman–Crippen MR) is 38.2 cm³/mol. The molecule has 0 aromatic carbocycles. The number of nitrogens with one attached hydrogen (secondary N) is 3. The van der Waals surface area contributed by atoms with Gasteiger partial charge in [-0.05, 0) is 6.54 Å². The quantitative estimate of drug-likeness (QED) is 0.252. The Hall–Kier alpha value is -1.10. The molecule has 3 N–H and O–H groups in total. The highest BCUT2D eigenvalue weighted by atomic mass is 16.1. The molecule has 0 saturated carbocycles. The third-order valence-corrected chi connectivity index (χ3v) is 1.78. The second-order valence-corrected chi connectivity index (χ2v) is 2.50. The molecular formula is C6H10N3O2. The van der Waals surface area contributed by atoms with Gasteiger partial charge in [0.25, 0.3) is 0 Å². The monoisotopic (exact) mass is 156 g/mol. The van der Waals surface area contributed by atoms with E-state index in [0.29, 0.717) is 19.4 Å². The summed E-state index contributed by atoms with van der Waals surface area (Å²) in [6, 6.07) is 0. The van der Waals surface area contributed by atoms with Crippen LogP contribution in [0.4, 0.5) is 0 Å². The SMILES string of the molecule is O=[C]NC1(NC=O)CCNC1. The van der Waals surface area contributed by atoms with Crippen LogP contribution >= 0.6 is 0 Å². The van der Waals surface area contributed by atoms with Crippen molar-refractivity contribution in [2.75, 3.05) is 13.1 Å². The van der Waals surface area contributed by atoms with E-state index in [1.165, 1.54) is 0 Å². The molecule has 2 amide bonds. The van der Waals surface area contributed by atoms with E-state index in [1.54, 1.807) is 6.41 Å². The fourth-order valence-corrected chi connectivity index (χ4v) is 1.17. The molecule has 1 fully saturated rings. The van der Waals surface area contributed by atoms with E-state index in [0.717, 1.165) is 6.54 Å². The van der Waals surface area contributed by atoms with Gasteiger partial charge >= 0.3 is 6.41 Å². The highest BCUT2D eigenvalue weighted by Crippen LogP contribution is 2.08. The van der Waals surface area contributed by atoms with Gasteiger partial charge in [0.2, 0.25) is 6.41 Å². The maximum Gasteiger partial charge on any atom is 0.311 e. The molecule has 1 radical (unpaired) electrons. The highest BCUT2D eigenvalue weighted by molar-refractivity contribution is 5.53. The zero-order valence-corrected chi connectivity index (χ0v) is 6.02. The average molecular weight is 156 g/mol. The fraction of sp³-hybridized carbons (Fsp3) is 0.667. The van der Waals surface area contributed by atoms with Crippen LogP contribution in [-0.4, -0.2) is 31.6 Å². The molecule has 1 aliphatic rings. The first kappa shape index (κ1) is 8.00. The van der Waals surface area contributed by atoms with Crippen molar-refractivity contribution < 1.29 is 9.59 Å². The summed E-state index contributed by atoms with van der Waals surface area (Å²) >= 11 is 0. The van der Waals surface area contributed by atoms with Gasteiger partial charge in [0.1, 0.15) is 5.66 Å². The Morgan fingerprint density at radius 3 is 2.91 bits per heavy atom. The molecule has 0 bridgehead atoms. The molecule has 1 aliphatic heterocycles. The van der Waals surface area contributed by atoms with Gasteiger partial charge in [-0.2, -0.15) is 0 Å². The Labute approximate surface area is 64.5 Å². The zero-order chi connectivity index (χ0) is 8.16. The smallest absolute Gasteiger partial charge is 0.311 e. The maximum atomic E-state index is 10.1. The molecule has 5 nitrogen and oxygen atoms in total. The Balaban J connectivity index is 2.53. The summed E-state index contributed by atoms with van der Waals surface area (Å²) in [5.74, 6) is 0. The van der Waals surface area contributed by atoms with Gasteiger partial charge in [-0.25, -0.2) is 0 Å². The first-order valence-corrected chi connectivity index (χ1v) is 3.39. The Morgan fingerprint density at radius 2 is 2.45 bits per heavy atom. The normalized spacial score (nSPS) is 20.7. The van der Waals surface area contributed by atoms with Gasteiger partial charge < -0.3 is 16.0 Å². The number of rotatable bonds is 4. The Kier molecular flexibility index (Phi) is 2.43. The van der Waals surface area contributed by atoms with Crippen LogP contribution in [0.25, 0.3) is 0 Å². The van der Waals surface area contributed by atoms with E-state index in [-0.39, 0.29) is 0 Å². The third-order valence-electron chi connectivity index (χ3n) is 1.78. The van der Waals surface area contributed by atoms with Gasteiger partial charge in [0, 0.05) is 13.0 Å². The van der Waals surface area contributed by atoms with E-state index in [1.807, 2.05) is 0 Å². The molecule has 1 rings (SSSR count). The predicted octanol–water partition coefficient (Wildman–Crippen LogP) is -1.92. The summed E-state index contributed by atoms with van der Waals surface area (Å²) < 4.78 is 0. The fourth-order valence-electron chi connectivity index (χ4n) is 1.17. The number of carbonyl (C=O) groups excluding carboxylic acids is 2. The number of carbonyl (C=O) groups is 1. The lowest BCUT2D eigenvalue weighted by Gasteiger charge is -2.25. The van der Waals surface area contributed by atoms with Crippen LogP contribution in [0.5, 0.6) is 0 Å². The largest absolute Gasteiger partial charge is 0.335 e. The molecule has 0 spiro atoms. The maximum absolute atomic E-state index is 10.1. The van der Waals surface area contributed by atoms with Gasteiger partial charge in [-0.1, -0.05) is 0 Å². The molecule has 0 aromatic heterocycles. The van der Waals surface area contributed by atoms with Gasteiger partial charge in [-0.15, -0.1) is 0 Å². The second kappa shape index (κ2) is 3.34. The first-order chi connectivity index (χ1) is 5.33. The summed E-state index contributed by atoms with van der Waals surface area (Å²) in [7, 11) is 0. The molecule has 1 atom stereocenters. The Morgan fingerprint density at radius 1 is 1.64 bits per heavy atom. The molecule has 0 aliphatic carbocycles. The molecular weight excluding hydrogens is 146 g/mol. The van der Waals surface area contributed by atoms with E-state index in [4.69, 9.17) is 0 Å². The Bertz CT molecular complexity index is 142. The lowest BCUT2D eigenvalue weighted by atomic mass is 10.1. The van der Waals surface area contributed by atoms with Crippen molar-refractivity contribution in [1.29, 1.82) is 0 Å². The second-order valence-electron chi connectivity index (χ2n) is 2.50. The van der Waals surface area contributed by atoms with E-state index in [9.17, 15) is 9.59 Å². The molecule has 5 heteroatoms. The van der Waals surface area contributed by atoms with Crippen molar-refractivity contribution in [3.05, 3.63) is 0 Å². The minimum Gasteiger partial charge on any atom is -0.335 e. The van der Waals surface area contributed by atoms with Crippen molar-refractivity contribution in [3.8, 4) is 0 Å². The van der Waals surface area contributed by atoms with Gasteiger partial charge in [0.05, 0.1) is 0 Å². The molecule has 1 unspecified atom stereocenters. The van der Waals surface area contributed by atoms with Crippen molar-refractivity contribution in [1.82, 2.24) is 16.0 Å². The van der Waals surface area contributed by atoms with Crippen molar-refractivity contribution in [3.63, 3.8) is 0 Å². The van der Waals surface area contributed by atoms with Crippen molar-refractivity contribution in [2.45, 2.75) is 12.1 Å². The molecule has 1 heterocycles. The minimum atomic E-state index is -0.608. The van der Waals surface area contributed by atoms with Crippen LogP contribution in [0.3, 0.4) is 0 Å². The van der Waals surface area contributed by atoms with E-state index >= 15 is 0 Å². The van der Waals surface area contributed by atoms with Gasteiger partial charge in [-0.3, -0.25) is 9.59 Å². The summed E-state index contributed by atoms with van der Waals surface area (Å²) in [6.45, 7) is 1.34. The molecule has 1 saturated heterocycles. The minimum absolute atomic E-state index is 0.557. The lowest BCUT2D eigenvalue weighted by Crippen LogP contribution is -2.57. The van der Waals surface area contributed by atoms with Crippen LogP contribution in [0.2, 0.25) is 0 Å². The summed E-state index contributed by atoms with van der Waals surface area (Å²) in [5.41, 5.74) is -0.608. The van der Waals surface area contributed by atoms with Crippen LogP contribution in [-0.2, 0) is 9.59 Å². The van der Waals surface area contributed by atoms with Crippen molar-refractivity contribution in [2.24, 2.45) is 0 Å². The van der Waals surface area contributed by atoms with Crippen LogP contribution < -0.4 is 16.0 Å². The van der Waals surface area contributed by atoms with Gasteiger partial charge in [0.15, 0.2) is 0 Å². The molecule has 61 valence electrons. The van der Waals surface area contributed by atoms with Crippen LogP contribution in [0.1, 0.15) is 6.42 Å². The third kappa shape index (κ3) is 1.68. The van der Waals surface area contributed by atoms with Crippen LogP contribution in [0.15, 0.2) is 0 Å². The van der Waals surface area contributed by atoms with E-state index < -0.39 is 5.66 Å².